The molecule has 92 valence electrons. The van der Waals surface area contributed by atoms with Gasteiger partial charge in [-0.2, -0.15) is 10.4 Å². The van der Waals surface area contributed by atoms with Gasteiger partial charge in [0, 0.05) is 11.8 Å². The Morgan fingerprint density at radius 3 is 2.72 bits per heavy atom. The maximum Gasteiger partial charge on any atom is 0.175 e. The van der Waals surface area contributed by atoms with Crippen molar-refractivity contribution in [1.82, 2.24) is 20.0 Å². The maximum atomic E-state index is 9.61. The van der Waals surface area contributed by atoms with Gasteiger partial charge in [-0.3, -0.25) is 0 Å². The Labute approximate surface area is 107 Å². The second-order valence-corrected chi connectivity index (χ2v) is 3.84. The molecule has 0 amide bonds. The number of nitrogens with zero attached hydrogens (tertiary/aromatic N) is 5. The average molecular weight is 266 g/mol. The van der Waals surface area contributed by atoms with Crippen molar-refractivity contribution >= 4 is 11.6 Å². The van der Waals surface area contributed by atoms with Gasteiger partial charge in [0.25, 0.3) is 0 Å². The molecule has 2 atom stereocenters. The van der Waals surface area contributed by atoms with Crippen molar-refractivity contribution in [2.75, 3.05) is 0 Å². The molecule has 0 aliphatic carbocycles. The quantitative estimate of drug-likeness (QED) is 0.770. The number of rotatable bonds is 3. The number of aliphatic hydroxyl groups is 2. The first kappa shape index (κ1) is 12.4. The minimum absolute atomic E-state index is 0.256. The van der Waals surface area contributed by atoms with Gasteiger partial charge in [0.15, 0.2) is 17.1 Å². The highest BCUT2D eigenvalue weighted by molar-refractivity contribution is 6.29. The van der Waals surface area contributed by atoms with Crippen LogP contribution in [0, 0.1) is 11.3 Å². The van der Waals surface area contributed by atoms with Crippen molar-refractivity contribution in [2.45, 2.75) is 12.2 Å². The second-order valence-electron chi connectivity index (χ2n) is 3.45. The molecule has 7 nitrogen and oxygen atoms in total. The lowest BCUT2D eigenvalue weighted by Crippen LogP contribution is -2.15. The first-order chi connectivity index (χ1) is 8.61. The van der Waals surface area contributed by atoms with Crippen molar-refractivity contribution in [3.05, 3.63) is 35.2 Å². The number of halogens is 1. The van der Waals surface area contributed by atoms with E-state index in [2.05, 4.69) is 15.3 Å². The van der Waals surface area contributed by atoms with Gasteiger partial charge in [0.05, 0.1) is 12.3 Å². The standard InChI is InChI=1S/C10H8ClN5O2/c11-8-1-2-9(15-14-8)16-5-6(4-13-16)10(18)7(17)3-12/h1-2,4-5,7,10,17-18H. The molecule has 2 N–H and O–H groups in total. The van der Waals surface area contributed by atoms with Crippen LogP contribution in [0.3, 0.4) is 0 Å². The molecule has 0 aliphatic rings. The Kier molecular flexibility index (Phi) is 3.53. The van der Waals surface area contributed by atoms with E-state index in [1.54, 1.807) is 18.2 Å². The molecule has 2 rings (SSSR count). The van der Waals surface area contributed by atoms with Crippen LogP contribution in [0.1, 0.15) is 11.7 Å². The van der Waals surface area contributed by atoms with Gasteiger partial charge in [-0.15, -0.1) is 10.2 Å². The van der Waals surface area contributed by atoms with Gasteiger partial charge >= 0.3 is 0 Å². The number of nitriles is 1. The monoisotopic (exact) mass is 265 g/mol. The molecule has 8 heteroatoms. The minimum atomic E-state index is -1.50. The summed E-state index contributed by atoms with van der Waals surface area (Å²) in [6.45, 7) is 0. The summed E-state index contributed by atoms with van der Waals surface area (Å²) in [6, 6.07) is 4.69. The summed E-state index contributed by atoms with van der Waals surface area (Å²) in [5, 5.41) is 39.0. The predicted molar refractivity (Wildman–Crippen MR) is 60.7 cm³/mol. The Morgan fingerprint density at radius 1 is 1.33 bits per heavy atom. The van der Waals surface area contributed by atoms with Crippen LogP contribution in [0.25, 0.3) is 5.82 Å². The van der Waals surface area contributed by atoms with Gasteiger partial charge in [-0.25, -0.2) is 4.68 Å². The summed E-state index contributed by atoms with van der Waals surface area (Å²) in [4.78, 5) is 0. The number of aromatic nitrogens is 4. The molecule has 0 aromatic carbocycles. The van der Waals surface area contributed by atoms with Gasteiger partial charge in [-0.1, -0.05) is 11.6 Å². The Balaban J connectivity index is 2.26. The molecule has 18 heavy (non-hydrogen) atoms. The van der Waals surface area contributed by atoms with Crippen molar-refractivity contribution in [1.29, 1.82) is 5.26 Å². The molecule has 0 aliphatic heterocycles. The van der Waals surface area contributed by atoms with E-state index in [9.17, 15) is 10.2 Å². The van der Waals surface area contributed by atoms with E-state index in [1.807, 2.05) is 0 Å². The number of hydrogen-bond donors (Lipinski definition) is 2. The van der Waals surface area contributed by atoms with E-state index >= 15 is 0 Å². The highest BCUT2D eigenvalue weighted by atomic mass is 35.5. The van der Waals surface area contributed by atoms with E-state index in [4.69, 9.17) is 16.9 Å². The van der Waals surface area contributed by atoms with Crippen molar-refractivity contribution < 1.29 is 10.2 Å². The summed E-state index contributed by atoms with van der Waals surface area (Å²) < 4.78 is 1.35. The van der Waals surface area contributed by atoms with Crippen LogP contribution in [-0.2, 0) is 0 Å². The zero-order valence-electron chi connectivity index (χ0n) is 8.97. The van der Waals surface area contributed by atoms with E-state index in [-0.39, 0.29) is 5.15 Å². The number of hydrogen-bond acceptors (Lipinski definition) is 6. The van der Waals surface area contributed by atoms with Crippen LogP contribution in [-0.4, -0.2) is 36.3 Å². The van der Waals surface area contributed by atoms with E-state index in [0.29, 0.717) is 11.4 Å². The third-order valence-electron chi connectivity index (χ3n) is 2.23. The third kappa shape index (κ3) is 2.46. The predicted octanol–water partition coefficient (Wildman–Crippen LogP) is 0.234. The van der Waals surface area contributed by atoms with Crippen LogP contribution in [0.15, 0.2) is 24.5 Å². The minimum Gasteiger partial charge on any atom is -0.384 e. The average Bonchev–Trinajstić information content (AvgIpc) is 2.87. The lowest BCUT2D eigenvalue weighted by Gasteiger charge is -2.08. The summed E-state index contributed by atoms with van der Waals surface area (Å²) in [5.74, 6) is 0.407. The van der Waals surface area contributed by atoms with Crippen LogP contribution in [0.5, 0.6) is 0 Å². The fourth-order valence-electron chi connectivity index (χ4n) is 1.30. The molecule has 0 saturated carbocycles. The molecule has 0 radical (unpaired) electrons. The van der Waals surface area contributed by atoms with Crippen LogP contribution >= 0.6 is 11.6 Å². The smallest absolute Gasteiger partial charge is 0.175 e. The van der Waals surface area contributed by atoms with Gasteiger partial charge in [-0.05, 0) is 12.1 Å². The summed E-state index contributed by atoms with van der Waals surface area (Å²) >= 11 is 5.60. The topological polar surface area (TPSA) is 108 Å². The Bertz CT molecular complexity index is 577. The lowest BCUT2D eigenvalue weighted by molar-refractivity contribution is 0.0528. The first-order valence-electron chi connectivity index (χ1n) is 4.91. The van der Waals surface area contributed by atoms with Gasteiger partial charge in [0.1, 0.15) is 6.10 Å². The second kappa shape index (κ2) is 5.10. The maximum absolute atomic E-state index is 9.61. The van der Waals surface area contributed by atoms with E-state index in [1.165, 1.54) is 17.1 Å². The molecular weight excluding hydrogens is 258 g/mol. The molecule has 0 fully saturated rings. The number of aliphatic hydroxyl groups excluding tert-OH is 2. The summed E-state index contributed by atoms with van der Waals surface area (Å²) in [6.07, 6.45) is -0.0343. The summed E-state index contributed by atoms with van der Waals surface area (Å²) in [5.41, 5.74) is 0.306. The lowest BCUT2D eigenvalue weighted by atomic mass is 10.1. The molecule has 2 aromatic heterocycles. The van der Waals surface area contributed by atoms with Crippen molar-refractivity contribution in [3.8, 4) is 11.9 Å². The normalized spacial score (nSPS) is 13.9. The SMILES string of the molecule is N#CC(O)C(O)c1cnn(-c2ccc(Cl)nn2)c1. The molecule has 2 unspecified atom stereocenters. The first-order valence-corrected chi connectivity index (χ1v) is 5.29. The molecule has 0 spiro atoms. The fraction of sp³-hybridized carbons (Fsp3) is 0.200. The zero-order chi connectivity index (χ0) is 13.1. The van der Waals surface area contributed by atoms with E-state index in [0.717, 1.165) is 0 Å². The van der Waals surface area contributed by atoms with Gasteiger partial charge in [0.2, 0.25) is 0 Å². The van der Waals surface area contributed by atoms with Crippen LogP contribution in [0.2, 0.25) is 5.15 Å². The summed E-state index contributed by atoms with van der Waals surface area (Å²) in [7, 11) is 0. The van der Waals surface area contributed by atoms with Crippen molar-refractivity contribution in [2.24, 2.45) is 0 Å². The Morgan fingerprint density at radius 2 is 2.11 bits per heavy atom. The highest BCUT2D eigenvalue weighted by Crippen LogP contribution is 2.17. The fourth-order valence-corrected chi connectivity index (χ4v) is 1.40. The molecule has 2 aromatic rings. The highest BCUT2D eigenvalue weighted by Gasteiger charge is 2.19. The Hall–Kier alpha value is -2.01. The van der Waals surface area contributed by atoms with Crippen LogP contribution in [0.4, 0.5) is 0 Å². The molecule has 0 bridgehead atoms. The molecule has 2 heterocycles. The molecule has 0 saturated heterocycles. The molecular formula is C10H8ClN5O2. The van der Waals surface area contributed by atoms with E-state index < -0.39 is 12.2 Å². The largest absolute Gasteiger partial charge is 0.384 e. The van der Waals surface area contributed by atoms with Crippen molar-refractivity contribution in [3.63, 3.8) is 0 Å². The van der Waals surface area contributed by atoms with Crippen LogP contribution < -0.4 is 0 Å². The third-order valence-corrected chi connectivity index (χ3v) is 2.43. The zero-order valence-corrected chi connectivity index (χ0v) is 9.73. The van der Waals surface area contributed by atoms with Gasteiger partial charge < -0.3 is 10.2 Å².